The summed E-state index contributed by atoms with van der Waals surface area (Å²) >= 11 is 0. The van der Waals surface area contributed by atoms with Crippen LogP contribution in [0.2, 0.25) is 0 Å². The molecule has 0 saturated heterocycles. The molecule has 3 aromatic rings. The lowest BCUT2D eigenvalue weighted by molar-refractivity contribution is -0.118. The van der Waals surface area contributed by atoms with E-state index in [9.17, 15) is 9.18 Å². The lowest BCUT2D eigenvalue weighted by Gasteiger charge is -2.38. The van der Waals surface area contributed by atoms with E-state index >= 15 is 0 Å². The van der Waals surface area contributed by atoms with E-state index in [2.05, 4.69) is 25.7 Å². The van der Waals surface area contributed by atoms with E-state index in [1.54, 1.807) is 17.1 Å². The Morgan fingerprint density at radius 1 is 1.22 bits per heavy atom. The summed E-state index contributed by atoms with van der Waals surface area (Å²) in [6.07, 6.45) is 6.49. The molecule has 0 bridgehead atoms. The molecule has 1 amide bonds. The molecule has 2 N–H and O–H groups in total. The first-order chi connectivity index (χ1) is 14.8. The summed E-state index contributed by atoms with van der Waals surface area (Å²) in [5.41, 5.74) is 4.19. The Balaban J connectivity index is 0.00000289. The monoisotopic (exact) mass is 457 g/mol. The number of halogens is 1. The van der Waals surface area contributed by atoms with Crippen LogP contribution in [0.25, 0.3) is 0 Å². The van der Waals surface area contributed by atoms with Crippen LogP contribution >= 0.6 is 13.5 Å². The molecule has 0 spiro atoms. The number of carbonyl (C=O) groups is 1. The second-order valence-corrected chi connectivity index (χ2v) is 8.19. The summed E-state index contributed by atoms with van der Waals surface area (Å²) in [7, 11) is 1.94. The Morgan fingerprint density at radius 2 is 2.00 bits per heavy atom. The van der Waals surface area contributed by atoms with Gasteiger partial charge in [0.05, 0.1) is 36.0 Å². The van der Waals surface area contributed by atoms with Gasteiger partial charge in [0.1, 0.15) is 17.7 Å². The third kappa shape index (κ3) is 4.85. The number of pyridine rings is 2. The van der Waals surface area contributed by atoms with Crippen molar-refractivity contribution in [2.45, 2.75) is 39.9 Å². The number of likely N-dealkylation sites (N-methyl/N-ethyl adjacent to an activating group) is 1. The Bertz CT molecular complexity index is 1120. The van der Waals surface area contributed by atoms with Gasteiger partial charge in [0.2, 0.25) is 5.91 Å². The van der Waals surface area contributed by atoms with E-state index in [0.717, 1.165) is 34.0 Å². The third-order valence-corrected chi connectivity index (χ3v) is 5.39. The predicted octanol–water partition coefficient (Wildman–Crippen LogP) is 3.31. The summed E-state index contributed by atoms with van der Waals surface area (Å²) in [5, 5.41) is 10.7. The molecule has 170 valence electrons. The van der Waals surface area contributed by atoms with Crippen molar-refractivity contribution in [2.75, 3.05) is 22.6 Å². The Morgan fingerprint density at radius 3 is 2.72 bits per heavy atom. The topological polar surface area (TPSA) is 88.0 Å². The van der Waals surface area contributed by atoms with E-state index in [4.69, 9.17) is 0 Å². The van der Waals surface area contributed by atoms with E-state index in [1.165, 1.54) is 12.3 Å². The quantitative estimate of drug-likeness (QED) is 0.591. The summed E-state index contributed by atoms with van der Waals surface area (Å²) < 4.78 is 15.1. The Labute approximate surface area is 193 Å². The highest BCUT2D eigenvalue weighted by atomic mass is 32.1. The van der Waals surface area contributed by atoms with Crippen LogP contribution < -0.4 is 15.5 Å². The standard InChI is InChI=1S/C22H26FN7O.H2S/c1-13(2)21-22(31)28-20-14(3)27-19(6-18(20)29(21)4)25-8-16-9-26-30(12-16)11-15-5-17(23)10-24-7-15;/h5-7,9-10,12-13,21H,8,11H2,1-4H3,(H,25,27)(H,28,31);1H2/t21-;/m0./s1. The summed E-state index contributed by atoms with van der Waals surface area (Å²) in [6.45, 7) is 6.95. The fourth-order valence-corrected chi connectivity index (χ4v) is 3.96. The number of hydrogen-bond acceptors (Lipinski definition) is 6. The molecule has 0 radical (unpaired) electrons. The van der Waals surface area contributed by atoms with Crippen LogP contribution in [0, 0.1) is 18.7 Å². The average Bonchev–Trinajstić information content (AvgIpc) is 3.14. The first kappa shape index (κ1) is 23.5. The number of rotatable bonds is 6. The molecule has 3 aromatic heterocycles. The van der Waals surface area contributed by atoms with Gasteiger partial charge in [-0.05, 0) is 24.5 Å². The minimum Gasteiger partial charge on any atom is -0.366 e. The highest BCUT2D eigenvalue weighted by Gasteiger charge is 2.34. The molecule has 1 aliphatic rings. The number of nitrogens with zero attached hydrogens (tertiary/aromatic N) is 5. The molecule has 10 heteroatoms. The van der Waals surface area contributed by atoms with Gasteiger partial charge < -0.3 is 15.5 Å². The van der Waals surface area contributed by atoms with Gasteiger partial charge in [-0.3, -0.25) is 14.5 Å². The number of hydrogen-bond donors (Lipinski definition) is 2. The highest BCUT2D eigenvalue weighted by Crippen LogP contribution is 2.36. The summed E-state index contributed by atoms with van der Waals surface area (Å²) in [4.78, 5) is 23.0. The smallest absolute Gasteiger partial charge is 0.247 e. The largest absolute Gasteiger partial charge is 0.366 e. The number of nitrogens with one attached hydrogen (secondary N) is 2. The van der Waals surface area contributed by atoms with E-state index in [1.807, 2.05) is 45.0 Å². The second-order valence-electron chi connectivity index (χ2n) is 8.19. The minimum absolute atomic E-state index is 0. The molecule has 32 heavy (non-hydrogen) atoms. The summed E-state index contributed by atoms with van der Waals surface area (Å²) in [6, 6.07) is 3.18. The fraction of sp³-hybridized carbons (Fsp3) is 0.364. The molecule has 0 saturated carbocycles. The van der Waals surface area contributed by atoms with E-state index < -0.39 is 0 Å². The summed E-state index contributed by atoms with van der Waals surface area (Å²) in [5.74, 6) is 0.545. The van der Waals surface area contributed by atoms with Crippen molar-refractivity contribution < 1.29 is 9.18 Å². The number of aryl methyl sites for hydroxylation is 1. The van der Waals surface area contributed by atoms with Gasteiger partial charge in [0.25, 0.3) is 0 Å². The third-order valence-electron chi connectivity index (χ3n) is 5.39. The number of fused-ring (bicyclic) bond motifs is 1. The maximum absolute atomic E-state index is 13.3. The van der Waals surface area contributed by atoms with Gasteiger partial charge in [-0.15, -0.1) is 0 Å². The van der Waals surface area contributed by atoms with Crippen molar-refractivity contribution in [3.05, 3.63) is 59.6 Å². The number of amides is 1. The van der Waals surface area contributed by atoms with E-state index in [-0.39, 0.29) is 37.2 Å². The number of carbonyl (C=O) groups excluding carboxylic acids is 1. The van der Waals surface area contributed by atoms with Crippen LogP contribution in [0.1, 0.15) is 30.7 Å². The van der Waals surface area contributed by atoms with Crippen LogP contribution in [0.4, 0.5) is 21.6 Å². The predicted molar refractivity (Wildman–Crippen MR) is 128 cm³/mol. The fourth-order valence-electron chi connectivity index (χ4n) is 3.96. The number of anilines is 3. The van der Waals surface area contributed by atoms with Crippen molar-refractivity contribution >= 4 is 36.6 Å². The molecule has 0 aliphatic carbocycles. The lowest BCUT2D eigenvalue weighted by Crippen LogP contribution is -2.49. The highest BCUT2D eigenvalue weighted by molar-refractivity contribution is 7.59. The molecule has 8 nitrogen and oxygen atoms in total. The molecule has 0 aromatic carbocycles. The molecule has 1 atom stereocenters. The Kier molecular flexibility index (Phi) is 7.02. The van der Waals surface area contributed by atoms with Crippen LogP contribution in [-0.4, -0.2) is 38.7 Å². The van der Waals surface area contributed by atoms with Crippen molar-refractivity contribution in [3.63, 3.8) is 0 Å². The van der Waals surface area contributed by atoms with Crippen LogP contribution in [0.3, 0.4) is 0 Å². The first-order valence-corrected chi connectivity index (χ1v) is 10.2. The second kappa shape index (κ2) is 9.56. The van der Waals surface area contributed by atoms with Gasteiger partial charge in [-0.1, -0.05) is 13.8 Å². The SMILES string of the molecule is Cc1nc(NCc2cnn(Cc3cncc(F)c3)c2)cc2c1NC(=O)[C@H](C(C)C)N2C.S. The first-order valence-electron chi connectivity index (χ1n) is 10.2. The van der Waals surface area contributed by atoms with Gasteiger partial charge in [-0.25, -0.2) is 9.37 Å². The van der Waals surface area contributed by atoms with Crippen molar-refractivity contribution in [1.82, 2.24) is 19.7 Å². The van der Waals surface area contributed by atoms with Crippen LogP contribution in [-0.2, 0) is 17.9 Å². The molecule has 4 rings (SSSR count). The molecule has 0 fully saturated rings. The normalized spacial score (nSPS) is 15.2. The van der Waals surface area contributed by atoms with Crippen molar-refractivity contribution in [3.8, 4) is 0 Å². The van der Waals surface area contributed by atoms with E-state index in [0.29, 0.717) is 13.1 Å². The van der Waals surface area contributed by atoms with Crippen LogP contribution in [0.15, 0.2) is 36.9 Å². The molecule has 0 unspecified atom stereocenters. The molecule has 1 aliphatic heterocycles. The number of aromatic nitrogens is 4. The minimum atomic E-state index is -0.360. The van der Waals surface area contributed by atoms with Crippen molar-refractivity contribution in [2.24, 2.45) is 5.92 Å². The average molecular weight is 458 g/mol. The van der Waals surface area contributed by atoms with Crippen molar-refractivity contribution in [1.29, 1.82) is 0 Å². The molecular formula is C22H28FN7OS. The molecular weight excluding hydrogens is 429 g/mol. The Hall–Kier alpha value is -3.14. The van der Waals surface area contributed by atoms with Gasteiger partial charge >= 0.3 is 0 Å². The van der Waals surface area contributed by atoms with Gasteiger partial charge in [0.15, 0.2) is 0 Å². The van der Waals surface area contributed by atoms with Crippen LogP contribution in [0.5, 0.6) is 0 Å². The zero-order valence-corrected chi connectivity index (χ0v) is 19.6. The lowest BCUT2D eigenvalue weighted by atomic mass is 9.98. The zero-order chi connectivity index (χ0) is 22.1. The maximum Gasteiger partial charge on any atom is 0.247 e. The zero-order valence-electron chi connectivity index (χ0n) is 18.6. The maximum atomic E-state index is 13.3. The van der Waals surface area contributed by atoms with Gasteiger partial charge in [-0.2, -0.15) is 18.6 Å². The van der Waals surface area contributed by atoms with Gasteiger partial charge in [0, 0.05) is 37.6 Å². The molecule has 4 heterocycles.